The molecule has 1 N–H and O–H groups in total. The van der Waals surface area contributed by atoms with Crippen LogP contribution in [-0.2, 0) is 15.7 Å². The summed E-state index contributed by atoms with van der Waals surface area (Å²) >= 11 is 0. The van der Waals surface area contributed by atoms with Crippen LogP contribution in [0.3, 0.4) is 0 Å². The highest BCUT2D eigenvalue weighted by Gasteiger charge is 2.13. The second kappa shape index (κ2) is 8.21. The van der Waals surface area contributed by atoms with Crippen molar-refractivity contribution in [3.63, 3.8) is 0 Å². The Hall–Kier alpha value is 0.110. The summed E-state index contributed by atoms with van der Waals surface area (Å²) in [7, 11) is 0.360. The fourth-order valence-electron chi connectivity index (χ4n) is 0.724. The number of carboxylic acid groups (broad SMARTS) is 1. The highest BCUT2D eigenvalue weighted by Crippen LogP contribution is 1.98. The van der Waals surface area contributed by atoms with E-state index in [9.17, 15) is 4.79 Å². The van der Waals surface area contributed by atoms with E-state index in [1.54, 1.807) is 0 Å². The molecule has 0 aromatic heterocycles. The summed E-state index contributed by atoms with van der Waals surface area (Å²) in [5.74, 6) is 2.45. The largest absolute Gasteiger partial charge is 1.00 e. The predicted molar refractivity (Wildman–Crippen MR) is 45.6 cm³/mol. The van der Waals surface area contributed by atoms with Crippen LogP contribution in [0.25, 0.3) is 0 Å². The van der Waals surface area contributed by atoms with Crippen molar-refractivity contribution in [3.05, 3.63) is 0 Å². The fraction of sp³-hybridized carbons (Fsp3) is 0.857. The summed E-state index contributed by atoms with van der Waals surface area (Å²) in [6.07, 6.45) is 0.338. The van der Waals surface area contributed by atoms with E-state index in [4.69, 9.17) is 5.11 Å². The van der Waals surface area contributed by atoms with Gasteiger partial charge in [-0.1, -0.05) is 0 Å². The van der Waals surface area contributed by atoms with Crippen LogP contribution in [0.15, 0.2) is 0 Å². The van der Waals surface area contributed by atoms with Gasteiger partial charge in [-0.25, -0.2) is 0 Å². The summed E-state index contributed by atoms with van der Waals surface area (Å²) in [6.45, 7) is 4.24. The molecule has 0 unspecified atom stereocenters. The molecule has 0 saturated heterocycles. The van der Waals surface area contributed by atoms with Crippen LogP contribution in [0.1, 0.15) is 20.3 Å². The van der Waals surface area contributed by atoms with E-state index in [1.807, 2.05) is 0 Å². The van der Waals surface area contributed by atoms with E-state index in [0.29, 0.717) is 17.3 Å². The quantitative estimate of drug-likeness (QED) is 0.526. The molecule has 0 fully saturated rings. The first kappa shape index (κ1) is 13.7. The lowest BCUT2D eigenvalue weighted by molar-refractivity contribution is -0.136. The van der Waals surface area contributed by atoms with Crippen molar-refractivity contribution >= 4 is 16.9 Å². The molecule has 0 rings (SSSR count). The molecular formula is C7H15ClO2S. The van der Waals surface area contributed by atoms with Gasteiger partial charge in [0.2, 0.25) is 0 Å². The van der Waals surface area contributed by atoms with Gasteiger partial charge < -0.3 is 17.5 Å². The van der Waals surface area contributed by atoms with Gasteiger partial charge in [-0.15, -0.1) is 0 Å². The van der Waals surface area contributed by atoms with Crippen LogP contribution in [0, 0.1) is 0 Å². The Morgan fingerprint density at radius 3 is 2.09 bits per heavy atom. The van der Waals surface area contributed by atoms with Gasteiger partial charge in [0.15, 0.2) is 0 Å². The second-order valence-electron chi connectivity index (χ2n) is 2.04. The smallest absolute Gasteiger partial charge is 0.308 e. The van der Waals surface area contributed by atoms with Gasteiger partial charge in [0, 0.05) is 0 Å². The van der Waals surface area contributed by atoms with Gasteiger partial charge in [-0.05, 0) is 24.7 Å². The van der Waals surface area contributed by atoms with E-state index in [0.717, 1.165) is 17.3 Å². The van der Waals surface area contributed by atoms with Crippen molar-refractivity contribution < 1.29 is 22.3 Å². The molecule has 0 aliphatic carbocycles. The zero-order valence-electron chi connectivity index (χ0n) is 6.97. The zero-order chi connectivity index (χ0) is 7.98. The van der Waals surface area contributed by atoms with Crippen molar-refractivity contribution in [2.45, 2.75) is 20.3 Å². The lowest BCUT2D eigenvalue weighted by atomic mass is 10.5. The van der Waals surface area contributed by atoms with Crippen molar-refractivity contribution in [2.75, 3.05) is 17.3 Å². The van der Waals surface area contributed by atoms with Crippen LogP contribution in [-0.4, -0.2) is 28.3 Å². The molecule has 0 bridgehead atoms. The first-order valence-corrected chi connectivity index (χ1v) is 5.29. The van der Waals surface area contributed by atoms with E-state index in [1.165, 1.54) is 0 Å². The zero-order valence-corrected chi connectivity index (χ0v) is 8.54. The van der Waals surface area contributed by atoms with E-state index in [2.05, 4.69) is 13.8 Å². The maximum absolute atomic E-state index is 10.1. The summed E-state index contributed by atoms with van der Waals surface area (Å²) < 4.78 is 0. The summed E-state index contributed by atoms with van der Waals surface area (Å²) in [5.41, 5.74) is 0. The van der Waals surface area contributed by atoms with Crippen molar-refractivity contribution in [1.82, 2.24) is 0 Å². The maximum atomic E-state index is 10.1. The van der Waals surface area contributed by atoms with E-state index >= 15 is 0 Å². The Kier molecular flexibility index (Phi) is 10.2. The van der Waals surface area contributed by atoms with Crippen molar-refractivity contribution in [1.29, 1.82) is 0 Å². The van der Waals surface area contributed by atoms with Crippen molar-refractivity contribution in [2.24, 2.45) is 0 Å². The average Bonchev–Trinajstić information content (AvgIpc) is 1.90. The van der Waals surface area contributed by atoms with Gasteiger partial charge >= 0.3 is 5.97 Å². The Morgan fingerprint density at radius 2 is 1.82 bits per heavy atom. The number of aliphatic carboxylic acids is 1. The number of halogens is 1. The molecule has 4 heteroatoms. The molecule has 0 aliphatic rings. The number of hydrogen-bond donors (Lipinski definition) is 1. The average molecular weight is 199 g/mol. The molecular weight excluding hydrogens is 184 g/mol. The Balaban J connectivity index is 0. The molecule has 2 nitrogen and oxygen atoms in total. The number of carbonyl (C=O) groups is 1. The molecule has 0 heterocycles. The molecule has 0 atom stereocenters. The highest BCUT2D eigenvalue weighted by molar-refractivity contribution is 7.96. The number of rotatable bonds is 5. The molecule has 0 amide bonds. The molecule has 0 spiro atoms. The number of carboxylic acids is 1. The summed E-state index contributed by atoms with van der Waals surface area (Å²) in [4.78, 5) is 10.1. The SMILES string of the molecule is CC[S+](CC)CCC(=O)O.[Cl-]. The maximum Gasteiger partial charge on any atom is 0.308 e. The minimum absolute atomic E-state index is 0. The van der Waals surface area contributed by atoms with Crippen LogP contribution >= 0.6 is 0 Å². The first-order chi connectivity index (χ1) is 4.70. The molecule has 0 aliphatic heterocycles. The van der Waals surface area contributed by atoms with E-state index < -0.39 is 5.97 Å². The van der Waals surface area contributed by atoms with Crippen LogP contribution in [0.4, 0.5) is 0 Å². The topological polar surface area (TPSA) is 37.3 Å². The van der Waals surface area contributed by atoms with Gasteiger partial charge in [0.1, 0.15) is 17.3 Å². The minimum Gasteiger partial charge on any atom is -1.00 e. The van der Waals surface area contributed by atoms with Gasteiger partial charge in [0.05, 0.1) is 6.42 Å². The lowest BCUT2D eigenvalue weighted by Crippen LogP contribution is -3.00. The fourth-order valence-corrected chi connectivity index (χ4v) is 2.17. The third-order valence-corrected chi connectivity index (χ3v) is 3.84. The lowest BCUT2D eigenvalue weighted by Gasteiger charge is -1.99. The molecule has 0 radical (unpaired) electrons. The van der Waals surface area contributed by atoms with Gasteiger partial charge in [0.25, 0.3) is 0 Å². The minimum atomic E-state index is -0.667. The molecule has 0 aromatic rings. The summed E-state index contributed by atoms with van der Waals surface area (Å²) in [5, 5.41) is 8.36. The Labute approximate surface area is 77.1 Å². The van der Waals surface area contributed by atoms with Crippen molar-refractivity contribution in [3.8, 4) is 0 Å². The number of hydrogen-bond acceptors (Lipinski definition) is 1. The Bertz CT molecular complexity index is 105. The Morgan fingerprint density at radius 1 is 1.36 bits per heavy atom. The monoisotopic (exact) mass is 198 g/mol. The molecule has 11 heavy (non-hydrogen) atoms. The normalized spacial score (nSPS) is 9.36. The van der Waals surface area contributed by atoms with E-state index in [-0.39, 0.29) is 12.4 Å². The van der Waals surface area contributed by atoms with Crippen LogP contribution in [0.5, 0.6) is 0 Å². The van der Waals surface area contributed by atoms with Crippen LogP contribution in [0.2, 0.25) is 0 Å². The predicted octanol–water partition coefficient (Wildman–Crippen LogP) is -1.88. The second-order valence-corrected chi connectivity index (χ2v) is 4.83. The third-order valence-electron chi connectivity index (χ3n) is 1.42. The molecule has 0 aromatic carbocycles. The standard InChI is InChI=1S/C7H14O2S.ClH/c1-3-10(4-2)6-5-7(8)9;/h3-6H2,1-2H3;1H. The third kappa shape index (κ3) is 8.01. The van der Waals surface area contributed by atoms with Gasteiger partial charge in [-0.3, -0.25) is 4.79 Å². The first-order valence-electron chi connectivity index (χ1n) is 3.56. The molecule has 68 valence electrons. The summed E-state index contributed by atoms with van der Waals surface area (Å²) in [6, 6.07) is 0. The molecule has 0 saturated carbocycles. The highest BCUT2D eigenvalue weighted by atomic mass is 35.5. The van der Waals surface area contributed by atoms with Crippen LogP contribution < -0.4 is 12.4 Å². The van der Waals surface area contributed by atoms with Gasteiger partial charge in [-0.2, -0.15) is 0 Å².